The number of halogens is 1. The van der Waals surface area contributed by atoms with E-state index in [1.165, 1.54) is 30.6 Å². The molecule has 0 bridgehead atoms. The fourth-order valence-electron chi connectivity index (χ4n) is 2.34. The Morgan fingerprint density at radius 3 is 1.93 bits per heavy atom. The number of ether oxygens (including phenoxy) is 1. The van der Waals surface area contributed by atoms with Crippen molar-refractivity contribution in [3.8, 4) is 5.75 Å². The molecule has 12 heteroatoms. The molecule has 0 heterocycles. The van der Waals surface area contributed by atoms with Gasteiger partial charge in [-0.2, -0.15) is 0 Å². The molecule has 0 spiro atoms. The van der Waals surface area contributed by atoms with E-state index in [9.17, 15) is 22.8 Å². The van der Waals surface area contributed by atoms with Crippen LogP contribution in [0.25, 0.3) is 10.8 Å². The van der Waals surface area contributed by atoms with Crippen molar-refractivity contribution in [1.82, 2.24) is 0 Å². The Bertz CT molecular complexity index is 1240. The minimum atomic E-state index is -3.19. The van der Waals surface area contributed by atoms with Gasteiger partial charge in [0.25, 0.3) is 5.43 Å². The molecule has 0 aliphatic rings. The fourth-order valence-corrected chi connectivity index (χ4v) is 2.85. The van der Waals surface area contributed by atoms with Crippen LogP contribution in [0.4, 0.5) is 11.4 Å². The molecule has 5 N–H and O–H groups in total. The molecule has 0 saturated carbocycles. The number of hydrazine groups is 1. The third-order valence-corrected chi connectivity index (χ3v) is 5.23. The molecule has 0 aliphatic carbocycles. The summed E-state index contributed by atoms with van der Waals surface area (Å²) < 4.78 is 28.4. The van der Waals surface area contributed by atoms with E-state index in [-0.39, 0.29) is 28.7 Å². The van der Waals surface area contributed by atoms with E-state index >= 15 is 0 Å². The molecule has 0 radical (unpaired) electrons. The molecule has 3 aromatic carbocycles. The minimum Gasteiger partial charge on any atom is -0.497 e. The number of anilines is 2. The molecule has 0 aliphatic heterocycles. The Balaban J connectivity index is 0.000000526. The Hall–Kier alpha value is -2.99. The Labute approximate surface area is 178 Å². The Kier molecular flexibility index (Phi) is 9.63. The maximum absolute atomic E-state index is 11.2. The zero-order valence-electron chi connectivity index (χ0n) is 16.3. The number of rotatable bonds is 4. The van der Waals surface area contributed by atoms with Gasteiger partial charge in [0, 0.05) is 23.5 Å². The highest BCUT2D eigenvalue weighted by Gasteiger charge is 2.12. The number of hydrogen-bond donors (Lipinski definition) is 2. The molecule has 164 valence electrons. The second-order valence-corrected chi connectivity index (χ2v) is 7.83. The van der Waals surface area contributed by atoms with E-state index in [4.69, 9.17) is 10.6 Å². The smallest absolute Gasteiger partial charge is 0.273 e. The summed E-state index contributed by atoms with van der Waals surface area (Å²) in [5.74, 6) is 5.64. The Morgan fingerprint density at radius 1 is 0.933 bits per heavy atom. The highest BCUT2D eigenvalue weighted by Crippen LogP contribution is 2.18. The van der Waals surface area contributed by atoms with Crippen molar-refractivity contribution in [1.29, 1.82) is 0 Å². The number of hydrogen-bond acceptors (Lipinski definition) is 8. The highest BCUT2D eigenvalue weighted by molar-refractivity contribution is 7.92. The lowest BCUT2D eigenvalue weighted by molar-refractivity contribution is 0.415. The minimum absolute atomic E-state index is 0. The van der Waals surface area contributed by atoms with Gasteiger partial charge in [0.05, 0.1) is 19.1 Å². The maximum Gasteiger partial charge on any atom is 0.273 e. The van der Waals surface area contributed by atoms with Gasteiger partial charge in [0.2, 0.25) is 20.9 Å². The predicted octanol–water partition coefficient (Wildman–Crippen LogP) is -0.230. The molecule has 0 atom stereocenters. The second kappa shape index (κ2) is 10.7. The molecular formula is C18H22ClN3O7S. The normalized spacial score (nSPS) is 10.1. The van der Waals surface area contributed by atoms with Crippen molar-refractivity contribution < 1.29 is 18.6 Å². The molecule has 3 rings (SSSR count). The van der Waals surface area contributed by atoms with Gasteiger partial charge in [0.15, 0.2) is 0 Å². The largest absolute Gasteiger partial charge is 0.497 e. The van der Waals surface area contributed by atoms with Crippen LogP contribution in [0.15, 0.2) is 56.8 Å². The van der Waals surface area contributed by atoms with Gasteiger partial charge < -0.3 is 15.6 Å². The van der Waals surface area contributed by atoms with E-state index in [2.05, 4.69) is 5.43 Å². The standard InChI is InChI=1S/C10H6O4.C8H13N3O2S.ClH.H2O/c1-14-5-2-3-6-7(4-5)9(12)10(13)8(6)11;1-11(14(2,12)13)8-5-3-7(10-9)4-6-8;;/h2-4H,1H3;3-6,10H,9H2,1-2H3;1H;1H2. The van der Waals surface area contributed by atoms with E-state index in [1.54, 1.807) is 30.3 Å². The van der Waals surface area contributed by atoms with Crippen LogP contribution in [0.5, 0.6) is 5.75 Å². The lowest BCUT2D eigenvalue weighted by Crippen LogP contribution is -2.29. The fraction of sp³-hybridized carbons (Fsp3) is 0.167. The van der Waals surface area contributed by atoms with E-state index in [0.717, 1.165) is 11.9 Å². The number of benzene rings is 2. The highest BCUT2D eigenvalue weighted by atomic mass is 35.5. The Morgan fingerprint density at radius 2 is 1.47 bits per heavy atom. The predicted molar refractivity (Wildman–Crippen MR) is 120 cm³/mol. The summed E-state index contributed by atoms with van der Waals surface area (Å²) in [5.41, 5.74) is 1.36. The number of sulfonamides is 1. The first-order valence-corrected chi connectivity index (χ1v) is 9.77. The maximum atomic E-state index is 11.2. The second-order valence-electron chi connectivity index (χ2n) is 5.82. The van der Waals surface area contributed by atoms with Crippen LogP contribution in [0.2, 0.25) is 0 Å². The first kappa shape index (κ1) is 27.0. The van der Waals surface area contributed by atoms with Crippen molar-refractivity contribution in [3.63, 3.8) is 0 Å². The zero-order chi connectivity index (χ0) is 21.1. The van der Waals surface area contributed by atoms with Gasteiger partial charge in [-0.3, -0.25) is 24.5 Å². The molecule has 0 saturated heterocycles. The summed E-state index contributed by atoms with van der Waals surface area (Å²) in [5, 5.41) is 0.306. The summed E-state index contributed by atoms with van der Waals surface area (Å²) >= 11 is 0. The SMILES string of the molecule is CN(c1ccc(NN)cc1)S(C)(=O)=O.COc1ccc2c(=O)c(=O)c(=O)c2c1.Cl.O. The van der Waals surface area contributed by atoms with Gasteiger partial charge in [-0.1, -0.05) is 0 Å². The van der Waals surface area contributed by atoms with Crippen LogP contribution < -0.4 is 36.6 Å². The summed E-state index contributed by atoms with van der Waals surface area (Å²) in [6.07, 6.45) is 1.15. The van der Waals surface area contributed by atoms with Crippen molar-refractivity contribution in [2.45, 2.75) is 0 Å². The molecule has 10 nitrogen and oxygen atoms in total. The van der Waals surface area contributed by atoms with Crippen LogP contribution in [0.1, 0.15) is 0 Å². The first-order chi connectivity index (χ1) is 13.1. The number of nitrogen functional groups attached to an aromatic ring is 1. The third kappa shape index (κ3) is 5.76. The number of nitrogens with two attached hydrogens (primary N) is 1. The quantitative estimate of drug-likeness (QED) is 0.306. The molecule has 0 amide bonds. The van der Waals surface area contributed by atoms with Gasteiger partial charge >= 0.3 is 0 Å². The van der Waals surface area contributed by atoms with Crippen molar-refractivity contribution in [2.24, 2.45) is 5.84 Å². The van der Waals surface area contributed by atoms with E-state index < -0.39 is 26.3 Å². The summed E-state index contributed by atoms with van der Waals surface area (Å²) in [7, 11) is -0.244. The molecule has 30 heavy (non-hydrogen) atoms. The van der Waals surface area contributed by atoms with Gasteiger partial charge in [-0.15, -0.1) is 12.4 Å². The van der Waals surface area contributed by atoms with Crippen LogP contribution in [0, 0.1) is 0 Å². The summed E-state index contributed by atoms with van der Waals surface area (Å²) in [6, 6.07) is 11.1. The number of nitrogens with zero attached hydrogens (tertiary/aromatic N) is 1. The molecule has 0 fully saturated rings. The summed E-state index contributed by atoms with van der Waals surface area (Å²) in [4.78, 5) is 33.5. The third-order valence-electron chi connectivity index (χ3n) is 4.02. The van der Waals surface area contributed by atoms with Crippen LogP contribution in [-0.2, 0) is 10.0 Å². The molecule has 0 aromatic heterocycles. The van der Waals surface area contributed by atoms with Crippen molar-refractivity contribution in [2.75, 3.05) is 30.1 Å². The average Bonchev–Trinajstić information content (AvgIpc) is 2.91. The van der Waals surface area contributed by atoms with Crippen LogP contribution in [0.3, 0.4) is 0 Å². The summed E-state index contributed by atoms with van der Waals surface area (Å²) in [6.45, 7) is 0. The first-order valence-electron chi connectivity index (χ1n) is 7.92. The topological polar surface area (TPSA) is 167 Å². The van der Waals surface area contributed by atoms with Crippen LogP contribution in [-0.4, -0.2) is 34.3 Å². The van der Waals surface area contributed by atoms with Crippen molar-refractivity contribution in [3.05, 3.63) is 73.1 Å². The van der Waals surface area contributed by atoms with E-state index in [1.807, 2.05) is 0 Å². The van der Waals surface area contributed by atoms with Gasteiger partial charge in [-0.25, -0.2) is 8.42 Å². The van der Waals surface area contributed by atoms with E-state index in [0.29, 0.717) is 11.4 Å². The van der Waals surface area contributed by atoms with Crippen molar-refractivity contribution >= 4 is 44.6 Å². The average molecular weight is 460 g/mol. The number of nitrogens with one attached hydrogen (secondary N) is 1. The zero-order valence-corrected chi connectivity index (χ0v) is 18.0. The number of methoxy groups -OCH3 is 1. The monoisotopic (exact) mass is 459 g/mol. The van der Waals surface area contributed by atoms with Crippen LogP contribution >= 0.6 is 12.4 Å². The lowest BCUT2D eigenvalue weighted by Gasteiger charge is -2.16. The van der Waals surface area contributed by atoms with Gasteiger partial charge in [0.1, 0.15) is 5.75 Å². The molecule has 0 unspecified atom stereocenters. The molecular weight excluding hydrogens is 438 g/mol. The molecule has 3 aromatic rings. The van der Waals surface area contributed by atoms with Gasteiger partial charge in [-0.05, 0) is 42.5 Å². The number of fused-ring (bicyclic) bond motifs is 1. The lowest BCUT2D eigenvalue weighted by atomic mass is 10.2.